The van der Waals surface area contributed by atoms with Gasteiger partial charge in [0.05, 0.1) is 29.6 Å². The van der Waals surface area contributed by atoms with Crippen LogP contribution in [-0.4, -0.2) is 36.5 Å². The molecule has 0 bridgehead atoms. The maximum absolute atomic E-state index is 13.3. The van der Waals surface area contributed by atoms with Crippen molar-refractivity contribution in [1.29, 1.82) is 0 Å². The predicted molar refractivity (Wildman–Crippen MR) is 133 cm³/mol. The van der Waals surface area contributed by atoms with Crippen molar-refractivity contribution >= 4 is 56.5 Å². The molecule has 3 amide bonds. The van der Waals surface area contributed by atoms with Crippen molar-refractivity contribution in [3.63, 3.8) is 0 Å². The van der Waals surface area contributed by atoms with Gasteiger partial charge in [-0.2, -0.15) is 0 Å². The highest BCUT2D eigenvalue weighted by Gasteiger charge is 2.33. The maximum Gasteiger partial charge on any atom is 0.331 e. The van der Waals surface area contributed by atoms with E-state index in [4.69, 9.17) is 4.74 Å². The maximum atomic E-state index is 13.3. The van der Waals surface area contributed by atoms with Crippen LogP contribution in [0.15, 0.2) is 60.8 Å². The fourth-order valence-corrected chi connectivity index (χ4v) is 4.89. The Bertz CT molecular complexity index is 1470. The lowest BCUT2D eigenvalue weighted by Crippen LogP contribution is -2.35. The van der Waals surface area contributed by atoms with Crippen molar-refractivity contribution in [2.75, 3.05) is 23.9 Å². The predicted octanol–water partition coefficient (Wildman–Crippen LogP) is 4.98. The summed E-state index contributed by atoms with van der Waals surface area (Å²) >= 11 is 1.14. The minimum absolute atomic E-state index is 0.264. The monoisotopic (exact) mass is 488 g/mol. The molecule has 1 aliphatic rings. The molecule has 0 spiro atoms. The molecule has 10 heteroatoms. The normalized spacial score (nSPS) is 12.3. The first-order chi connectivity index (χ1) is 17.0. The Morgan fingerprint density at radius 3 is 2.63 bits per heavy atom. The van der Waals surface area contributed by atoms with Crippen molar-refractivity contribution in [1.82, 2.24) is 10.3 Å². The van der Waals surface area contributed by atoms with E-state index in [9.17, 15) is 14.4 Å². The number of para-hydroxylation sites is 1. The summed E-state index contributed by atoms with van der Waals surface area (Å²) in [6, 6.07) is 16.2. The first-order valence-electron chi connectivity index (χ1n) is 10.7. The highest BCUT2D eigenvalue weighted by molar-refractivity contribution is 7.21. The fourth-order valence-electron chi connectivity index (χ4n) is 3.86. The largest absolute Gasteiger partial charge is 0.468 e. The van der Waals surface area contributed by atoms with Crippen molar-refractivity contribution < 1.29 is 23.9 Å². The van der Waals surface area contributed by atoms with Crippen LogP contribution >= 0.6 is 11.3 Å². The van der Waals surface area contributed by atoms with E-state index in [1.54, 1.807) is 23.2 Å². The highest BCUT2D eigenvalue weighted by atomic mass is 32.1. The number of anilines is 3. The van der Waals surface area contributed by atoms with Gasteiger partial charge in [-0.1, -0.05) is 18.2 Å². The second-order valence-corrected chi connectivity index (χ2v) is 8.70. The molecular weight excluding hydrogens is 468 g/mol. The number of benzene rings is 2. The minimum atomic E-state index is -0.572. The second kappa shape index (κ2) is 9.07. The number of pyridine rings is 1. The number of rotatable bonds is 6. The number of carbonyl (C=O) groups is 3. The zero-order valence-electron chi connectivity index (χ0n) is 18.8. The zero-order valence-corrected chi connectivity index (χ0v) is 19.6. The van der Waals surface area contributed by atoms with Gasteiger partial charge in [0.2, 0.25) is 0 Å². The van der Waals surface area contributed by atoms with Gasteiger partial charge in [0.25, 0.3) is 5.91 Å². The summed E-state index contributed by atoms with van der Waals surface area (Å²) in [5.74, 6) is 0.298. The number of methoxy groups -OCH3 is 1. The first-order valence-corrected chi connectivity index (χ1v) is 11.5. The van der Waals surface area contributed by atoms with Crippen LogP contribution in [0.1, 0.15) is 15.2 Å². The molecule has 176 valence electrons. The Kier molecular flexibility index (Phi) is 5.79. The lowest BCUT2D eigenvalue weighted by atomic mass is 10.1. The molecule has 0 saturated heterocycles. The second-order valence-electron chi connectivity index (χ2n) is 7.70. The Balaban J connectivity index is 1.50. The Hall–Kier alpha value is -4.44. The molecule has 4 aromatic rings. The van der Waals surface area contributed by atoms with Crippen LogP contribution in [0.2, 0.25) is 0 Å². The van der Waals surface area contributed by atoms with Crippen LogP contribution < -0.4 is 20.3 Å². The number of nitrogens with zero attached hydrogens (tertiary/aromatic N) is 2. The van der Waals surface area contributed by atoms with Gasteiger partial charge in [-0.05, 0) is 48.9 Å². The van der Waals surface area contributed by atoms with Crippen LogP contribution in [0.4, 0.5) is 21.9 Å². The number of aryl methyl sites for hydroxylation is 1. The molecule has 0 saturated carbocycles. The zero-order chi connectivity index (χ0) is 24.5. The molecule has 9 nitrogen and oxygen atoms in total. The van der Waals surface area contributed by atoms with E-state index in [0.717, 1.165) is 16.9 Å². The molecule has 5 rings (SSSR count). The molecule has 0 fully saturated rings. The molecule has 3 heterocycles. The van der Waals surface area contributed by atoms with Gasteiger partial charge in [-0.25, -0.2) is 9.78 Å². The van der Waals surface area contributed by atoms with E-state index >= 15 is 0 Å². The van der Waals surface area contributed by atoms with Crippen LogP contribution in [0.5, 0.6) is 11.5 Å². The Labute approximate surface area is 204 Å². The number of ether oxygens (including phenoxy) is 2. The van der Waals surface area contributed by atoms with Crippen LogP contribution in [0, 0.1) is 6.92 Å². The van der Waals surface area contributed by atoms with Gasteiger partial charge in [-0.15, -0.1) is 11.3 Å². The van der Waals surface area contributed by atoms with Gasteiger partial charge < -0.3 is 20.1 Å². The Morgan fingerprint density at radius 1 is 1.09 bits per heavy atom. The number of hydrogen-bond donors (Lipinski definition) is 2. The number of thiophene rings is 1. The van der Waals surface area contributed by atoms with Crippen LogP contribution in [-0.2, 0) is 9.53 Å². The van der Waals surface area contributed by atoms with Crippen molar-refractivity contribution in [3.05, 3.63) is 71.2 Å². The van der Waals surface area contributed by atoms with E-state index < -0.39 is 17.9 Å². The van der Waals surface area contributed by atoms with E-state index in [-0.39, 0.29) is 11.4 Å². The third-order valence-corrected chi connectivity index (χ3v) is 6.56. The third-order valence-electron chi connectivity index (χ3n) is 5.46. The molecule has 35 heavy (non-hydrogen) atoms. The summed E-state index contributed by atoms with van der Waals surface area (Å²) in [6.07, 6.45) is 1.60. The standard InChI is InChI=1S/C25H20N4O5S/c1-14-12-16(34-15-6-4-3-5-7-15)8-9-17(14)29-18-10-11-26-24-20(18)21(28-25(29)32)22(35-24)23(31)27-13-19(30)33-2/h3-12H,13H2,1-2H3,(H,27,31)(H,28,32). The smallest absolute Gasteiger partial charge is 0.331 e. The van der Waals surface area contributed by atoms with E-state index in [1.165, 1.54) is 7.11 Å². The number of amides is 3. The van der Waals surface area contributed by atoms with E-state index in [2.05, 4.69) is 20.4 Å². The SMILES string of the molecule is COC(=O)CNC(=O)c1sc2nccc3c2c1NC(=O)N3c1ccc(Oc2ccccc2)cc1C. The van der Waals surface area contributed by atoms with Crippen molar-refractivity contribution in [3.8, 4) is 11.5 Å². The number of esters is 1. The van der Waals surface area contributed by atoms with Gasteiger partial charge in [0.15, 0.2) is 0 Å². The summed E-state index contributed by atoms with van der Waals surface area (Å²) in [5, 5.41) is 6.00. The lowest BCUT2D eigenvalue weighted by Gasteiger charge is -2.29. The number of aromatic nitrogens is 1. The molecule has 2 aromatic carbocycles. The van der Waals surface area contributed by atoms with Crippen molar-refractivity contribution in [2.45, 2.75) is 6.92 Å². The molecule has 2 aromatic heterocycles. The number of nitrogens with one attached hydrogen (secondary N) is 2. The van der Waals surface area contributed by atoms with Gasteiger partial charge >= 0.3 is 12.0 Å². The summed E-state index contributed by atoms with van der Waals surface area (Å²) in [4.78, 5) is 44.2. The summed E-state index contributed by atoms with van der Waals surface area (Å²) in [6.45, 7) is 1.62. The average molecular weight is 489 g/mol. The number of hydrogen-bond acceptors (Lipinski definition) is 7. The third kappa shape index (κ3) is 4.15. The topological polar surface area (TPSA) is 110 Å². The number of urea groups is 1. The molecule has 2 N–H and O–H groups in total. The van der Waals surface area contributed by atoms with E-state index in [1.807, 2.05) is 49.4 Å². The molecule has 0 radical (unpaired) electrons. The lowest BCUT2D eigenvalue weighted by molar-refractivity contribution is -0.139. The van der Waals surface area contributed by atoms with Gasteiger partial charge in [0.1, 0.15) is 27.8 Å². The van der Waals surface area contributed by atoms with E-state index in [0.29, 0.717) is 38.8 Å². The summed E-state index contributed by atoms with van der Waals surface area (Å²) in [7, 11) is 1.24. The fraction of sp³-hybridized carbons (Fsp3) is 0.120. The molecule has 0 unspecified atom stereocenters. The average Bonchev–Trinajstić information content (AvgIpc) is 3.23. The number of carbonyl (C=O) groups excluding carboxylic acids is 3. The van der Waals surface area contributed by atoms with Crippen LogP contribution in [0.25, 0.3) is 10.2 Å². The Morgan fingerprint density at radius 2 is 1.89 bits per heavy atom. The first kappa shape index (κ1) is 22.4. The summed E-state index contributed by atoms with van der Waals surface area (Å²) in [5.41, 5.74) is 2.48. The van der Waals surface area contributed by atoms with Crippen molar-refractivity contribution in [2.24, 2.45) is 0 Å². The minimum Gasteiger partial charge on any atom is -0.468 e. The highest BCUT2D eigenvalue weighted by Crippen LogP contribution is 2.46. The quantitative estimate of drug-likeness (QED) is 0.370. The molecule has 1 aliphatic heterocycles. The molecular formula is C25H20N4O5S. The van der Waals surface area contributed by atoms with Crippen LogP contribution in [0.3, 0.4) is 0 Å². The molecule has 0 aliphatic carbocycles. The van der Waals surface area contributed by atoms with Gasteiger partial charge in [0, 0.05) is 6.20 Å². The van der Waals surface area contributed by atoms with Gasteiger partial charge in [-0.3, -0.25) is 14.5 Å². The summed E-state index contributed by atoms with van der Waals surface area (Å²) < 4.78 is 10.5. The molecule has 0 atom stereocenters.